The van der Waals surface area contributed by atoms with E-state index in [0.29, 0.717) is 5.41 Å². The molecular formula is C7H15NO. The van der Waals surface area contributed by atoms with Gasteiger partial charge in [0.15, 0.2) is 0 Å². The van der Waals surface area contributed by atoms with Crippen molar-refractivity contribution in [1.29, 1.82) is 0 Å². The average molecular weight is 129 g/mol. The molecule has 2 heteroatoms. The first-order chi connectivity index (χ1) is 4.27. The molecule has 0 bridgehead atoms. The van der Waals surface area contributed by atoms with Crippen molar-refractivity contribution in [1.82, 2.24) is 0 Å². The second kappa shape index (κ2) is 2.67. The van der Waals surface area contributed by atoms with Crippen LogP contribution >= 0.6 is 0 Å². The zero-order valence-electron chi connectivity index (χ0n) is 6.02. The van der Waals surface area contributed by atoms with Crippen LogP contribution in [0.15, 0.2) is 0 Å². The summed E-state index contributed by atoms with van der Waals surface area (Å²) in [6.07, 6.45) is 1.19. The highest BCUT2D eigenvalue weighted by Gasteiger charge is 2.29. The molecule has 0 radical (unpaired) electrons. The predicted octanol–water partition coefficient (Wildman–Crippen LogP) is -0.232. The van der Waals surface area contributed by atoms with E-state index in [1.807, 2.05) is 5.32 Å². The summed E-state index contributed by atoms with van der Waals surface area (Å²) in [6, 6.07) is 0. The Hall–Kier alpha value is -0.0800. The molecule has 54 valence electrons. The van der Waals surface area contributed by atoms with Crippen LogP contribution in [0.3, 0.4) is 0 Å². The van der Waals surface area contributed by atoms with Gasteiger partial charge in [0, 0.05) is 12.0 Å². The number of hydrogen-bond donors (Lipinski definition) is 1. The Bertz CT molecular complexity index is 86.9. The normalized spacial score (nSPS) is 35.3. The number of quaternary nitrogens is 1. The third-order valence-electron chi connectivity index (χ3n) is 1.94. The lowest BCUT2D eigenvalue weighted by molar-refractivity contribution is -0.608. The maximum absolute atomic E-state index is 5.26. The first-order valence-corrected chi connectivity index (χ1v) is 3.45. The van der Waals surface area contributed by atoms with Crippen molar-refractivity contribution >= 4 is 0 Å². The van der Waals surface area contributed by atoms with Gasteiger partial charge in [-0.15, -0.1) is 0 Å². The van der Waals surface area contributed by atoms with Gasteiger partial charge in [0.25, 0.3) is 0 Å². The van der Waals surface area contributed by atoms with E-state index in [4.69, 9.17) is 4.74 Å². The Morgan fingerprint density at radius 1 is 1.78 bits per heavy atom. The van der Waals surface area contributed by atoms with Gasteiger partial charge >= 0.3 is 0 Å². The van der Waals surface area contributed by atoms with Gasteiger partial charge in [0.05, 0.1) is 13.2 Å². The van der Waals surface area contributed by atoms with Crippen LogP contribution in [-0.4, -0.2) is 19.8 Å². The Morgan fingerprint density at radius 3 is 3.00 bits per heavy atom. The summed E-state index contributed by atoms with van der Waals surface area (Å²) in [4.78, 5) is 0. The average Bonchev–Trinajstić information content (AvgIpc) is 2.16. The van der Waals surface area contributed by atoms with Crippen LogP contribution in [0.1, 0.15) is 13.3 Å². The van der Waals surface area contributed by atoms with Gasteiger partial charge in [-0.25, -0.2) is 0 Å². The van der Waals surface area contributed by atoms with E-state index >= 15 is 0 Å². The second-order valence-electron chi connectivity index (χ2n) is 3.11. The van der Waals surface area contributed by atoms with Crippen LogP contribution in [0.5, 0.6) is 0 Å². The van der Waals surface area contributed by atoms with Crippen LogP contribution in [0.25, 0.3) is 0 Å². The van der Waals surface area contributed by atoms with E-state index in [1.165, 1.54) is 6.42 Å². The lowest BCUT2D eigenvalue weighted by atomic mass is 9.90. The van der Waals surface area contributed by atoms with Gasteiger partial charge < -0.3 is 10.1 Å². The molecular weight excluding hydrogens is 114 g/mol. The molecule has 0 spiro atoms. The maximum Gasteiger partial charge on any atom is 0.0593 e. The van der Waals surface area contributed by atoms with Gasteiger partial charge in [-0.3, -0.25) is 0 Å². The Balaban J connectivity index is 2.32. The molecule has 1 heterocycles. The minimum atomic E-state index is 0.405. The molecule has 1 unspecified atom stereocenters. The molecule has 0 amide bonds. The Morgan fingerprint density at radius 2 is 2.56 bits per heavy atom. The lowest BCUT2D eigenvalue weighted by Gasteiger charge is -2.19. The van der Waals surface area contributed by atoms with Crippen molar-refractivity contribution in [2.24, 2.45) is 5.41 Å². The van der Waals surface area contributed by atoms with Crippen LogP contribution < -0.4 is 5.32 Å². The molecule has 2 nitrogen and oxygen atoms in total. The first-order valence-electron chi connectivity index (χ1n) is 3.45. The van der Waals surface area contributed by atoms with Crippen LogP contribution in [0, 0.1) is 12.5 Å². The van der Waals surface area contributed by atoms with Crippen LogP contribution in [-0.2, 0) is 4.74 Å². The summed E-state index contributed by atoms with van der Waals surface area (Å²) in [5, 5.41) is 1.98. The van der Waals surface area contributed by atoms with Crippen LogP contribution in [0.2, 0.25) is 0 Å². The molecule has 0 aromatic heterocycles. The van der Waals surface area contributed by atoms with Crippen molar-refractivity contribution in [2.45, 2.75) is 13.3 Å². The molecule has 0 aliphatic carbocycles. The van der Waals surface area contributed by atoms with Gasteiger partial charge in [0.1, 0.15) is 0 Å². The van der Waals surface area contributed by atoms with Crippen molar-refractivity contribution < 1.29 is 10.1 Å². The second-order valence-corrected chi connectivity index (χ2v) is 3.11. The van der Waals surface area contributed by atoms with Crippen molar-refractivity contribution in [3.63, 3.8) is 0 Å². The maximum atomic E-state index is 5.26. The third-order valence-corrected chi connectivity index (χ3v) is 1.94. The Kier molecular flexibility index (Phi) is 2.09. The molecule has 1 fully saturated rings. The van der Waals surface area contributed by atoms with E-state index in [1.54, 1.807) is 0 Å². The molecule has 0 saturated carbocycles. The van der Waals surface area contributed by atoms with Crippen molar-refractivity contribution in [3.8, 4) is 0 Å². The van der Waals surface area contributed by atoms with Crippen LogP contribution in [0.4, 0.5) is 0 Å². The number of rotatable bonds is 2. The van der Waals surface area contributed by atoms with Crippen molar-refractivity contribution in [3.05, 3.63) is 7.05 Å². The fraction of sp³-hybridized carbons (Fsp3) is 0.857. The number of ether oxygens (including phenoxy) is 1. The quantitative estimate of drug-likeness (QED) is 0.512. The first kappa shape index (κ1) is 7.03. The topological polar surface area (TPSA) is 25.8 Å². The summed E-state index contributed by atoms with van der Waals surface area (Å²) in [5.74, 6) is 0. The molecule has 0 aromatic rings. The lowest BCUT2D eigenvalue weighted by Crippen LogP contribution is -2.80. The summed E-state index contributed by atoms with van der Waals surface area (Å²) in [5.41, 5.74) is 0.405. The van der Waals surface area contributed by atoms with Gasteiger partial charge in [-0.2, -0.15) is 7.05 Å². The molecule has 0 aromatic carbocycles. The number of nitrogens with two attached hydrogens (primary N) is 1. The van der Waals surface area contributed by atoms with E-state index < -0.39 is 0 Å². The molecule has 2 N–H and O–H groups in total. The van der Waals surface area contributed by atoms with Crippen molar-refractivity contribution in [2.75, 3.05) is 19.8 Å². The molecule has 1 rings (SSSR count). The minimum Gasteiger partial charge on any atom is -0.478 e. The fourth-order valence-electron chi connectivity index (χ4n) is 1.22. The molecule has 1 aliphatic rings. The standard InChI is InChI=1S/C7H15NO/c1-7(5-8-2)3-4-9-6-7/h2-6,8H2,1H3. The van der Waals surface area contributed by atoms with E-state index in [2.05, 4.69) is 14.0 Å². The predicted molar refractivity (Wildman–Crippen MR) is 35.7 cm³/mol. The third kappa shape index (κ3) is 1.66. The number of hydrogen-bond acceptors (Lipinski definition) is 1. The van der Waals surface area contributed by atoms with Gasteiger partial charge in [-0.05, 0) is 6.42 Å². The molecule has 1 aliphatic heterocycles. The highest BCUT2D eigenvalue weighted by molar-refractivity contribution is 4.76. The summed E-state index contributed by atoms with van der Waals surface area (Å²) in [6.45, 7) is 5.19. The van der Waals surface area contributed by atoms with E-state index in [9.17, 15) is 0 Å². The summed E-state index contributed by atoms with van der Waals surface area (Å²) < 4.78 is 5.26. The molecule has 9 heavy (non-hydrogen) atoms. The SMILES string of the molecule is [CH2-][NH2+]CC1(C)CCOC1. The molecule has 1 saturated heterocycles. The largest absolute Gasteiger partial charge is 0.478 e. The van der Waals surface area contributed by atoms with Gasteiger partial charge in [0.2, 0.25) is 0 Å². The zero-order chi connectivity index (χ0) is 6.74. The monoisotopic (exact) mass is 129 g/mol. The fourth-order valence-corrected chi connectivity index (χ4v) is 1.22. The highest BCUT2D eigenvalue weighted by atomic mass is 16.5. The minimum absolute atomic E-state index is 0.405. The molecule has 1 atom stereocenters. The highest BCUT2D eigenvalue weighted by Crippen LogP contribution is 2.25. The smallest absolute Gasteiger partial charge is 0.0593 e. The van der Waals surface area contributed by atoms with Gasteiger partial charge in [-0.1, -0.05) is 6.92 Å². The van der Waals surface area contributed by atoms with E-state index in [0.717, 1.165) is 19.8 Å². The summed E-state index contributed by atoms with van der Waals surface area (Å²) >= 11 is 0. The van der Waals surface area contributed by atoms with E-state index in [-0.39, 0.29) is 0 Å². The Labute approximate surface area is 56.6 Å². The summed E-state index contributed by atoms with van der Waals surface area (Å²) in [7, 11) is 3.71. The zero-order valence-corrected chi connectivity index (χ0v) is 6.02.